The van der Waals surface area contributed by atoms with Crippen molar-refractivity contribution in [2.75, 3.05) is 59.5 Å². The van der Waals surface area contributed by atoms with E-state index in [-0.39, 0.29) is 0 Å². The Bertz CT molecular complexity index is 3580. The highest BCUT2D eigenvalue weighted by molar-refractivity contribution is 5.78. The summed E-state index contributed by atoms with van der Waals surface area (Å²) in [6.45, 7) is -6.66. The predicted molar refractivity (Wildman–Crippen MR) is 389 cm³/mol. The van der Waals surface area contributed by atoms with Crippen LogP contribution in [0.3, 0.4) is 0 Å². The number of hydrogen-bond acceptors (Lipinski definition) is 50. The molecule has 0 aromatic rings. The van der Waals surface area contributed by atoms with E-state index in [1.807, 2.05) is 0 Å². The summed E-state index contributed by atoms with van der Waals surface area (Å²) >= 11 is 0. The molecular formula is C70H115N5O52. The van der Waals surface area contributed by atoms with Crippen molar-refractivity contribution >= 4 is 41.5 Å². The number of carbonyl (C=O) groups is 7. The van der Waals surface area contributed by atoms with E-state index in [1.165, 1.54) is 0 Å². The Kier molecular flexibility index (Phi) is 37.4. The standard InChI is InChI=1S/C70H115N5O52/c1-17(84)71-33-22(89)6-69(67(107)108,125-55(33)38(93)24(91)8-76)111-16-32-40(95)46(101)47(102)63(118-32)120-52-29(13-81)116-62(37(45(52)100)75-21(5)88)124-59-48(103)54(31(15-83)117-66(59)123-57-41(96)26(10-78)113-64(49(57)104)121-51-28(12-80)112-60(106)35(43(51)98)73-19(3)86)119-61-36(74-20(4)87)44(99)53(30(14-82)115-61)122-65-50(105)58(42(97)27(11-79)114-65)127-70(68(109)110)7-23(90)34(72-18(2)85)56(126-70)39(94)25(92)9-77/h22-66,76-83,89-106H,6-16H2,1-5H3,(H,71,84)(H,72,85)(H,73,86)(H,74,87)(H,75,88)(H,107,108)(H,109,110)/t22-,23-,24+,25+,26+,27+,28+,29+,30+,31+,32+,33+,34+,35+,36+,37+,38+,39+,40-,41+,42-,43+,44+,45+,46-,47+,48-,49-,50+,51+,52+,53+,54+,55+,56+,57-,58-,59-,60+,61-,62-,63-,64-,65-,66+,69+,70-/m0/s1. The van der Waals surface area contributed by atoms with Gasteiger partial charge in [0.25, 0.3) is 11.6 Å². The number of carboxylic acid groups (broad SMARTS) is 2. The lowest BCUT2D eigenvalue weighted by Crippen LogP contribution is -2.72. The van der Waals surface area contributed by atoms with Crippen LogP contribution in [0.25, 0.3) is 0 Å². The fourth-order valence-electron chi connectivity index (χ4n) is 16.3. The maximum absolute atomic E-state index is 13.4. The van der Waals surface area contributed by atoms with E-state index in [1.54, 1.807) is 0 Å². The molecule has 9 aliphatic rings. The van der Waals surface area contributed by atoms with Crippen molar-refractivity contribution in [1.29, 1.82) is 0 Å². The topological polar surface area (TPSA) is 903 Å². The molecule has 0 aliphatic carbocycles. The molecule has 9 heterocycles. The van der Waals surface area contributed by atoms with Crippen LogP contribution in [0.4, 0.5) is 0 Å². The first-order valence-corrected chi connectivity index (χ1v) is 39.9. The van der Waals surface area contributed by atoms with E-state index in [4.69, 9.17) is 80.5 Å². The zero-order valence-electron chi connectivity index (χ0n) is 68.1. The average Bonchev–Trinajstić information content (AvgIpc) is 0.754. The van der Waals surface area contributed by atoms with Crippen LogP contribution in [0.2, 0.25) is 0 Å². The highest BCUT2D eigenvalue weighted by atomic mass is 16.8. The Morgan fingerprint density at radius 3 is 1.05 bits per heavy atom. The van der Waals surface area contributed by atoms with Gasteiger partial charge in [0.05, 0.1) is 83.8 Å². The average molecular weight is 1860 g/mol. The van der Waals surface area contributed by atoms with Gasteiger partial charge in [-0.05, 0) is 0 Å². The summed E-state index contributed by atoms with van der Waals surface area (Å²) in [7, 11) is 0. The van der Waals surface area contributed by atoms with Gasteiger partial charge in [-0.3, -0.25) is 24.0 Å². The fourth-order valence-corrected chi connectivity index (χ4v) is 16.3. The quantitative estimate of drug-likeness (QED) is 0.0277. The number of nitrogens with one attached hydrogen (secondary N) is 5. The van der Waals surface area contributed by atoms with E-state index >= 15 is 0 Å². The first kappa shape index (κ1) is 105. The molecule has 0 radical (unpaired) electrons. The number of aliphatic hydroxyl groups is 26. The van der Waals surface area contributed by atoms with Gasteiger partial charge in [-0.25, -0.2) is 9.59 Å². The highest BCUT2D eigenvalue weighted by Gasteiger charge is 2.65. The lowest BCUT2D eigenvalue weighted by molar-refractivity contribution is -0.405. The third kappa shape index (κ3) is 23.3. The molecule has 57 nitrogen and oxygen atoms in total. The van der Waals surface area contributed by atoms with Gasteiger partial charge < -0.3 is 250 Å². The van der Waals surface area contributed by atoms with Gasteiger partial charge >= 0.3 is 11.9 Å². The van der Waals surface area contributed by atoms with Gasteiger partial charge in [-0.2, -0.15) is 0 Å². The third-order valence-electron chi connectivity index (χ3n) is 22.7. The van der Waals surface area contributed by atoms with E-state index < -0.39 is 401 Å². The number of carboxylic acids is 2. The van der Waals surface area contributed by atoms with Crippen molar-refractivity contribution in [2.24, 2.45) is 0 Å². The second-order valence-corrected chi connectivity index (χ2v) is 31.7. The zero-order chi connectivity index (χ0) is 94.4. The molecule has 9 fully saturated rings. The molecule has 0 aromatic heterocycles. The summed E-state index contributed by atoms with van der Waals surface area (Å²) in [5, 5.41) is 324. The predicted octanol–water partition coefficient (Wildman–Crippen LogP) is -21.5. The molecule has 47 atom stereocenters. The van der Waals surface area contributed by atoms with E-state index in [2.05, 4.69) is 26.6 Å². The maximum Gasteiger partial charge on any atom is 0.364 e. The minimum absolute atomic E-state index is 0.838. The molecule has 9 rings (SSSR count). The Labute approximate surface area is 717 Å². The molecule has 0 spiro atoms. The van der Waals surface area contributed by atoms with Crippen LogP contribution < -0.4 is 26.6 Å². The molecule has 9 saturated heterocycles. The lowest BCUT2D eigenvalue weighted by Gasteiger charge is -2.52. The smallest absolute Gasteiger partial charge is 0.364 e. The van der Waals surface area contributed by atoms with Crippen molar-refractivity contribution in [3.05, 3.63) is 0 Å². The molecule has 0 bridgehead atoms. The molecule has 57 heteroatoms. The summed E-state index contributed by atoms with van der Waals surface area (Å²) < 4.78 is 100. The number of amides is 5. The van der Waals surface area contributed by atoms with E-state index in [9.17, 15) is 177 Å². The summed E-state index contributed by atoms with van der Waals surface area (Å²) in [6, 6.07) is -9.54. The van der Waals surface area contributed by atoms with Crippen molar-refractivity contribution in [2.45, 2.75) is 335 Å². The van der Waals surface area contributed by atoms with Crippen LogP contribution in [-0.2, 0) is 114 Å². The van der Waals surface area contributed by atoms with Gasteiger partial charge in [0, 0.05) is 47.5 Å². The number of aliphatic hydroxyl groups excluding tert-OH is 26. The van der Waals surface area contributed by atoms with Gasteiger partial charge in [0.2, 0.25) is 29.5 Å². The van der Waals surface area contributed by atoms with Crippen LogP contribution in [0, 0.1) is 0 Å². The first-order valence-electron chi connectivity index (χ1n) is 39.9. The first-order chi connectivity index (χ1) is 59.7. The van der Waals surface area contributed by atoms with Crippen molar-refractivity contribution in [3.8, 4) is 0 Å². The number of hydrogen-bond donors (Lipinski definition) is 33. The Balaban J connectivity index is 1.04. The number of rotatable bonds is 36. The molecule has 0 aromatic carbocycles. The minimum Gasteiger partial charge on any atom is -0.477 e. The number of ether oxygens (including phenoxy) is 17. The lowest BCUT2D eigenvalue weighted by atomic mass is 9.88. The Hall–Kier alpha value is -5.43. The second-order valence-electron chi connectivity index (χ2n) is 31.7. The summed E-state index contributed by atoms with van der Waals surface area (Å²) in [5.41, 5.74) is 0. The van der Waals surface area contributed by atoms with Gasteiger partial charge in [0.1, 0.15) is 207 Å². The normalized spacial score (nSPS) is 45.5. The van der Waals surface area contributed by atoms with Gasteiger partial charge in [-0.15, -0.1) is 0 Å². The molecule has 5 amide bonds. The number of aliphatic carboxylic acids is 2. The molecule has 127 heavy (non-hydrogen) atoms. The zero-order valence-corrected chi connectivity index (χ0v) is 68.1. The van der Waals surface area contributed by atoms with Crippen LogP contribution >= 0.6 is 0 Å². The fraction of sp³-hybridized carbons (Fsp3) is 0.900. The molecule has 0 saturated carbocycles. The van der Waals surface area contributed by atoms with Crippen LogP contribution in [0.5, 0.6) is 0 Å². The van der Waals surface area contributed by atoms with Crippen molar-refractivity contribution in [3.63, 3.8) is 0 Å². The summed E-state index contributed by atoms with van der Waals surface area (Å²) in [6.07, 6.45) is -92.8. The van der Waals surface area contributed by atoms with Crippen molar-refractivity contribution < 1.29 is 257 Å². The Morgan fingerprint density at radius 2 is 0.638 bits per heavy atom. The number of carbonyl (C=O) groups excluding carboxylic acids is 5. The molecule has 33 N–H and O–H groups in total. The summed E-state index contributed by atoms with van der Waals surface area (Å²) in [4.78, 5) is 89.7. The SMILES string of the molecule is CC(=O)N[C@@H]1[C@@H](O)[C@H](O[C@@H]2O[C@H](CO)[C@@H](O)[C@H](O[C@H]3O[C@H](CO)[C@@H](O[C@@H]4O[C@H](CO)[C@@H](O[C@@H]5O[C@H](CO)[C@H](O)[C@H](O[C@]6(C(=O)O)C[C@H](O)[C@@H](NC(C)=O)[C@H]([C@H](O)[C@H](O)CO)O6)[C@H]5O)[C@H](O)[C@H]4NC(C)=O)[C@H](O)[C@@H]3O[C@@H]3O[C@H](CO)[C@@H](O[C@@H]4O[C@H](CO[C@]5(C(=O)O)C[C@H](O)[C@@H](NC(C)=O)[C@H]([C@H](O)[C@H](O)CO)O5)[C@H](O)[C@H](O)[C@H]4O)[C@H](O)[C@H]3NC(C)=O)[C@@H]2O)[C@@H](CO)O[C@H]1O. The van der Waals surface area contributed by atoms with Crippen LogP contribution in [0.15, 0.2) is 0 Å². The second kappa shape index (κ2) is 45.1. The molecule has 9 aliphatic heterocycles. The third-order valence-corrected chi connectivity index (χ3v) is 22.7. The molecule has 0 unspecified atom stereocenters. The summed E-state index contributed by atoms with van der Waals surface area (Å²) in [5.74, 6) is -15.5. The van der Waals surface area contributed by atoms with Crippen molar-refractivity contribution in [1.82, 2.24) is 26.6 Å². The van der Waals surface area contributed by atoms with Crippen LogP contribution in [0.1, 0.15) is 47.5 Å². The minimum atomic E-state index is -3.33. The largest absolute Gasteiger partial charge is 0.477 e. The molecular weight excluding hydrogens is 1740 g/mol. The van der Waals surface area contributed by atoms with E-state index in [0.29, 0.717) is 0 Å². The van der Waals surface area contributed by atoms with Gasteiger partial charge in [-0.1, -0.05) is 0 Å². The van der Waals surface area contributed by atoms with E-state index in [0.717, 1.165) is 34.6 Å². The maximum atomic E-state index is 13.4. The monoisotopic (exact) mass is 1860 g/mol. The highest BCUT2D eigenvalue weighted by Crippen LogP contribution is 2.43. The molecule has 732 valence electrons. The van der Waals surface area contributed by atoms with Crippen LogP contribution in [-0.4, -0.2) is 531 Å². The Morgan fingerprint density at radius 1 is 0.323 bits per heavy atom. The van der Waals surface area contributed by atoms with Gasteiger partial charge in [0.15, 0.2) is 44.0 Å².